The van der Waals surface area contributed by atoms with Crippen LogP contribution in [-0.2, 0) is 0 Å². The van der Waals surface area contributed by atoms with Gasteiger partial charge < -0.3 is 10.0 Å². The molecule has 1 N–H and O–H groups in total. The molecule has 2 aromatic heterocycles. The molecule has 3 rings (SSSR count). The van der Waals surface area contributed by atoms with Crippen LogP contribution in [0.1, 0.15) is 23.8 Å². The highest BCUT2D eigenvalue weighted by Crippen LogP contribution is 2.18. The highest BCUT2D eigenvalue weighted by molar-refractivity contribution is 5.86. The summed E-state index contributed by atoms with van der Waals surface area (Å²) in [4.78, 5) is 17.5. The first-order valence-electron chi connectivity index (χ1n) is 6.14. The molecule has 0 fully saturated rings. The van der Waals surface area contributed by atoms with Crippen molar-refractivity contribution in [1.29, 1.82) is 0 Å². The highest BCUT2D eigenvalue weighted by atomic mass is 16.4. The molecule has 0 aliphatic carbocycles. The van der Waals surface area contributed by atoms with Crippen LogP contribution in [0.3, 0.4) is 0 Å². The van der Waals surface area contributed by atoms with Gasteiger partial charge in [-0.25, -0.2) is 14.3 Å². The summed E-state index contributed by atoms with van der Waals surface area (Å²) in [6.07, 6.45) is 4.99. The summed E-state index contributed by atoms with van der Waals surface area (Å²) in [6.45, 7) is 3.90. The molecular weight excluding hydrogens is 244 g/mol. The van der Waals surface area contributed by atoms with Crippen LogP contribution in [0.5, 0.6) is 0 Å². The van der Waals surface area contributed by atoms with Crippen molar-refractivity contribution in [1.82, 2.24) is 14.6 Å². The number of anilines is 1. The van der Waals surface area contributed by atoms with Crippen molar-refractivity contribution in [2.24, 2.45) is 0 Å². The SMILES string of the molecule is CC1=CCCN(c2ccn3nc(C(=O)O)cc3n2)C1. The maximum absolute atomic E-state index is 10.9. The molecule has 98 valence electrons. The highest BCUT2D eigenvalue weighted by Gasteiger charge is 2.14. The number of nitrogens with zero attached hydrogens (tertiary/aromatic N) is 4. The molecule has 1 aliphatic heterocycles. The van der Waals surface area contributed by atoms with E-state index in [9.17, 15) is 4.79 Å². The van der Waals surface area contributed by atoms with Crippen molar-refractivity contribution in [2.75, 3.05) is 18.0 Å². The number of carbonyl (C=O) groups is 1. The molecule has 0 radical (unpaired) electrons. The second-order valence-corrected chi connectivity index (χ2v) is 4.68. The van der Waals surface area contributed by atoms with E-state index in [2.05, 4.69) is 28.0 Å². The molecular formula is C13H14N4O2. The Morgan fingerprint density at radius 3 is 3.05 bits per heavy atom. The monoisotopic (exact) mass is 258 g/mol. The van der Waals surface area contributed by atoms with Gasteiger partial charge in [0, 0.05) is 25.4 Å². The van der Waals surface area contributed by atoms with Gasteiger partial charge in [-0.2, -0.15) is 5.10 Å². The van der Waals surface area contributed by atoms with Crippen LogP contribution < -0.4 is 4.90 Å². The van der Waals surface area contributed by atoms with Crippen LogP contribution in [0.25, 0.3) is 5.65 Å². The zero-order valence-corrected chi connectivity index (χ0v) is 10.6. The zero-order chi connectivity index (χ0) is 13.4. The largest absolute Gasteiger partial charge is 0.476 e. The van der Waals surface area contributed by atoms with Gasteiger partial charge in [0.2, 0.25) is 0 Å². The fraction of sp³-hybridized carbons (Fsp3) is 0.308. The van der Waals surface area contributed by atoms with E-state index in [1.54, 1.807) is 6.20 Å². The minimum Gasteiger partial charge on any atom is -0.476 e. The van der Waals surface area contributed by atoms with Gasteiger partial charge in [-0.15, -0.1) is 0 Å². The first-order valence-corrected chi connectivity index (χ1v) is 6.14. The second-order valence-electron chi connectivity index (χ2n) is 4.68. The average molecular weight is 258 g/mol. The van der Waals surface area contributed by atoms with Crippen LogP contribution in [-0.4, -0.2) is 38.8 Å². The Morgan fingerprint density at radius 1 is 1.47 bits per heavy atom. The summed E-state index contributed by atoms with van der Waals surface area (Å²) in [5.41, 5.74) is 1.90. The molecule has 0 amide bonds. The van der Waals surface area contributed by atoms with E-state index < -0.39 is 5.97 Å². The fourth-order valence-electron chi connectivity index (χ4n) is 2.26. The number of hydrogen-bond acceptors (Lipinski definition) is 4. The number of fused-ring (bicyclic) bond motifs is 1. The lowest BCUT2D eigenvalue weighted by Gasteiger charge is -2.27. The molecule has 0 atom stereocenters. The number of aromatic nitrogens is 3. The van der Waals surface area contributed by atoms with E-state index in [0.29, 0.717) is 5.65 Å². The van der Waals surface area contributed by atoms with Crippen molar-refractivity contribution in [3.63, 3.8) is 0 Å². The molecule has 0 spiro atoms. The van der Waals surface area contributed by atoms with Gasteiger partial charge in [-0.05, 0) is 19.4 Å². The standard InChI is InChI=1S/C13H14N4O2/c1-9-3-2-5-16(8-9)11-4-6-17-12(14-11)7-10(15-17)13(18)19/h3-4,6-7H,2,5,8H2,1H3,(H,18,19). The normalized spacial score (nSPS) is 15.6. The molecule has 0 bridgehead atoms. The van der Waals surface area contributed by atoms with Crippen molar-refractivity contribution < 1.29 is 9.90 Å². The van der Waals surface area contributed by atoms with Crippen LogP contribution in [0.15, 0.2) is 30.0 Å². The van der Waals surface area contributed by atoms with Gasteiger partial charge in [-0.3, -0.25) is 0 Å². The molecule has 0 unspecified atom stereocenters. The van der Waals surface area contributed by atoms with Crippen LogP contribution in [0.4, 0.5) is 5.82 Å². The Morgan fingerprint density at radius 2 is 2.32 bits per heavy atom. The predicted molar refractivity (Wildman–Crippen MR) is 70.5 cm³/mol. The molecule has 0 aromatic carbocycles. The zero-order valence-electron chi connectivity index (χ0n) is 10.6. The maximum atomic E-state index is 10.9. The molecule has 0 saturated carbocycles. The maximum Gasteiger partial charge on any atom is 0.356 e. The minimum atomic E-state index is -1.04. The Bertz CT molecular complexity index is 674. The van der Waals surface area contributed by atoms with Crippen molar-refractivity contribution in [3.05, 3.63) is 35.7 Å². The molecule has 0 saturated heterocycles. The Balaban J connectivity index is 1.97. The third-order valence-corrected chi connectivity index (χ3v) is 3.19. The number of carboxylic acids is 1. The van der Waals surface area contributed by atoms with Crippen molar-refractivity contribution in [3.8, 4) is 0 Å². The Labute approximate surface area is 110 Å². The lowest BCUT2D eigenvalue weighted by Crippen LogP contribution is -2.29. The van der Waals surface area contributed by atoms with Gasteiger partial charge in [-0.1, -0.05) is 11.6 Å². The van der Waals surface area contributed by atoms with Gasteiger partial charge in [0.15, 0.2) is 11.3 Å². The smallest absolute Gasteiger partial charge is 0.356 e. The lowest BCUT2D eigenvalue weighted by atomic mass is 10.1. The van der Waals surface area contributed by atoms with Crippen molar-refractivity contribution >= 4 is 17.4 Å². The van der Waals surface area contributed by atoms with Crippen LogP contribution in [0, 0.1) is 0 Å². The van der Waals surface area contributed by atoms with Crippen LogP contribution in [0.2, 0.25) is 0 Å². The third kappa shape index (κ3) is 2.16. The first kappa shape index (κ1) is 11.7. The van der Waals surface area contributed by atoms with E-state index >= 15 is 0 Å². The van der Waals surface area contributed by atoms with E-state index in [1.807, 2.05) is 6.07 Å². The number of aromatic carboxylic acids is 1. The average Bonchev–Trinajstić information content (AvgIpc) is 2.81. The van der Waals surface area contributed by atoms with Gasteiger partial charge in [0.05, 0.1) is 0 Å². The lowest BCUT2D eigenvalue weighted by molar-refractivity contribution is 0.0690. The number of hydrogen-bond donors (Lipinski definition) is 1. The summed E-state index contributed by atoms with van der Waals surface area (Å²) in [5, 5.41) is 12.9. The molecule has 6 heteroatoms. The summed E-state index contributed by atoms with van der Waals surface area (Å²) >= 11 is 0. The Kier molecular flexibility index (Phi) is 2.70. The number of rotatable bonds is 2. The molecule has 1 aliphatic rings. The van der Waals surface area contributed by atoms with E-state index in [-0.39, 0.29) is 5.69 Å². The van der Waals surface area contributed by atoms with E-state index in [4.69, 9.17) is 5.11 Å². The summed E-state index contributed by atoms with van der Waals surface area (Å²) in [6, 6.07) is 3.35. The van der Waals surface area contributed by atoms with Crippen molar-refractivity contribution in [2.45, 2.75) is 13.3 Å². The quantitative estimate of drug-likeness (QED) is 0.828. The topological polar surface area (TPSA) is 70.7 Å². The number of carboxylic acid groups (broad SMARTS) is 1. The van der Waals surface area contributed by atoms with E-state index in [1.165, 1.54) is 16.2 Å². The van der Waals surface area contributed by atoms with Crippen LogP contribution >= 0.6 is 0 Å². The summed E-state index contributed by atoms with van der Waals surface area (Å²) in [5.74, 6) is -0.180. The summed E-state index contributed by atoms with van der Waals surface area (Å²) in [7, 11) is 0. The van der Waals surface area contributed by atoms with Gasteiger partial charge >= 0.3 is 5.97 Å². The Hall–Kier alpha value is -2.37. The second kappa shape index (κ2) is 4.38. The molecule has 2 aromatic rings. The predicted octanol–water partition coefficient (Wildman–Crippen LogP) is 1.58. The van der Waals surface area contributed by atoms with Gasteiger partial charge in [0.25, 0.3) is 0 Å². The molecule has 19 heavy (non-hydrogen) atoms. The molecule has 3 heterocycles. The fourth-order valence-corrected chi connectivity index (χ4v) is 2.26. The van der Waals surface area contributed by atoms with E-state index in [0.717, 1.165) is 25.3 Å². The third-order valence-electron chi connectivity index (χ3n) is 3.19. The first-order chi connectivity index (χ1) is 9.13. The summed E-state index contributed by atoms with van der Waals surface area (Å²) < 4.78 is 1.49. The molecule has 6 nitrogen and oxygen atoms in total. The minimum absolute atomic E-state index is 0.0133. The van der Waals surface area contributed by atoms with Gasteiger partial charge in [0.1, 0.15) is 5.82 Å².